The van der Waals surface area contributed by atoms with E-state index in [9.17, 15) is 0 Å². The third-order valence-electron chi connectivity index (χ3n) is 3.36. The van der Waals surface area contributed by atoms with Gasteiger partial charge in [-0.25, -0.2) is 0 Å². The van der Waals surface area contributed by atoms with E-state index in [2.05, 4.69) is 26.0 Å². The number of fused-ring (bicyclic) bond motifs is 1. The van der Waals surface area contributed by atoms with Gasteiger partial charge < -0.3 is 15.2 Å². The third-order valence-corrected chi connectivity index (χ3v) is 3.36. The van der Waals surface area contributed by atoms with E-state index >= 15 is 0 Å². The van der Waals surface area contributed by atoms with Crippen LogP contribution in [0.5, 0.6) is 11.5 Å². The summed E-state index contributed by atoms with van der Waals surface area (Å²) in [5.74, 6) is 2.05. The molecule has 1 aliphatic heterocycles. The van der Waals surface area contributed by atoms with Crippen LogP contribution >= 0.6 is 0 Å². The predicted molar refractivity (Wildman–Crippen MR) is 68.7 cm³/mol. The van der Waals surface area contributed by atoms with Crippen LogP contribution in [0.4, 0.5) is 0 Å². The van der Waals surface area contributed by atoms with Gasteiger partial charge in [-0.05, 0) is 30.0 Å². The van der Waals surface area contributed by atoms with Crippen molar-refractivity contribution in [1.29, 1.82) is 0 Å². The van der Waals surface area contributed by atoms with Crippen LogP contribution in [-0.4, -0.2) is 19.3 Å². The maximum atomic E-state index is 6.16. The van der Waals surface area contributed by atoms with Crippen molar-refractivity contribution >= 4 is 0 Å². The van der Waals surface area contributed by atoms with Gasteiger partial charge >= 0.3 is 0 Å². The molecule has 1 heterocycles. The first-order valence-electron chi connectivity index (χ1n) is 6.37. The monoisotopic (exact) mass is 235 g/mol. The van der Waals surface area contributed by atoms with E-state index in [0.717, 1.165) is 24.3 Å². The summed E-state index contributed by atoms with van der Waals surface area (Å²) in [6, 6.07) is 6.35. The van der Waals surface area contributed by atoms with Gasteiger partial charge in [0.2, 0.25) is 0 Å². The highest BCUT2D eigenvalue weighted by Gasteiger charge is 2.18. The molecule has 2 rings (SSSR count). The second-order valence-corrected chi connectivity index (χ2v) is 4.64. The SMILES string of the molecule is CCCC(N)C(C)c1ccc2c(c1)OCCO2. The van der Waals surface area contributed by atoms with E-state index in [4.69, 9.17) is 15.2 Å². The molecule has 3 heteroatoms. The van der Waals surface area contributed by atoms with Gasteiger partial charge in [-0.1, -0.05) is 26.3 Å². The molecule has 2 atom stereocenters. The molecule has 0 fully saturated rings. The summed E-state index contributed by atoms with van der Waals surface area (Å²) in [5, 5.41) is 0. The maximum absolute atomic E-state index is 6.16. The molecule has 17 heavy (non-hydrogen) atoms. The van der Waals surface area contributed by atoms with Gasteiger partial charge in [-0.2, -0.15) is 0 Å². The van der Waals surface area contributed by atoms with Crippen molar-refractivity contribution in [3.8, 4) is 11.5 Å². The lowest BCUT2D eigenvalue weighted by Gasteiger charge is -2.23. The van der Waals surface area contributed by atoms with Crippen LogP contribution in [0.25, 0.3) is 0 Å². The zero-order chi connectivity index (χ0) is 12.3. The van der Waals surface area contributed by atoms with Crippen molar-refractivity contribution in [3.63, 3.8) is 0 Å². The molecule has 94 valence electrons. The molecule has 2 unspecified atom stereocenters. The summed E-state index contributed by atoms with van der Waals surface area (Å²) < 4.78 is 11.1. The van der Waals surface area contributed by atoms with Crippen LogP contribution in [0, 0.1) is 0 Å². The van der Waals surface area contributed by atoms with Crippen molar-refractivity contribution in [2.24, 2.45) is 5.73 Å². The normalized spacial score (nSPS) is 17.6. The van der Waals surface area contributed by atoms with Crippen molar-refractivity contribution in [1.82, 2.24) is 0 Å². The molecule has 1 aromatic carbocycles. The van der Waals surface area contributed by atoms with E-state index in [-0.39, 0.29) is 6.04 Å². The van der Waals surface area contributed by atoms with Crippen molar-refractivity contribution in [2.45, 2.75) is 38.6 Å². The lowest BCUT2D eigenvalue weighted by Crippen LogP contribution is -2.26. The highest BCUT2D eigenvalue weighted by Crippen LogP contribution is 2.34. The minimum absolute atomic E-state index is 0.211. The molecular formula is C14H21NO2. The largest absolute Gasteiger partial charge is 0.486 e. The second-order valence-electron chi connectivity index (χ2n) is 4.64. The number of hydrogen-bond donors (Lipinski definition) is 1. The first kappa shape index (κ1) is 12.2. The molecule has 2 N–H and O–H groups in total. The summed E-state index contributed by atoms with van der Waals surface area (Å²) in [6.07, 6.45) is 2.17. The Kier molecular flexibility index (Phi) is 3.89. The molecule has 1 aromatic rings. The number of benzene rings is 1. The Morgan fingerprint density at radius 3 is 2.65 bits per heavy atom. The van der Waals surface area contributed by atoms with Crippen LogP contribution < -0.4 is 15.2 Å². The minimum Gasteiger partial charge on any atom is -0.486 e. The highest BCUT2D eigenvalue weighted by atomic mass is 16.6. The van der Waals surface area contributed by atoms with E-state index in [0.29, 0.717) is 19.1 Å². The zero-order valence-electron chi connectivity index (χ0n) is 10.6. The molecule has 0 saturated heterocycles. The van der Waals surface area contributed by atoms with Gasteiger partial charge in [0.1, 0.15) is 13.2 Å². The van der Waals surface area contributed by atoms with Gasteiger partial charge in [0, 0.05) is 6.04 Å². The molecule has 0 bridgehead atoms. The maximum Gasteiger partial charge on any atom is 0.161 e. The zero-order valence-corrected chi connectivity index (χ0v) is 10.6. The molecule has 0 saturated carbocycles. The third kappa shape index (κ3) is 2.72. The predicted octanol–water partition coefficient (Wildman–Crippen LogP) is 2.69. The van der Waals surface area contributed by atoms with Gasteiger partial charge in [0.25, 0.3) is 0 Å². The smallest absolute Gasteiger partial charge is 0.161 e. The lowest BCUT2D eigenvalue weighted by molar-refractivity contribution is 0.171. The van der Waals surface area contributed by atoms with E-state index in [1.165, 1.54) is 5.56 Å². The van der Waals surface area contributed by atoms with Gasteiger partial charge in [0.05, 0.1) is 0 Å². The summed E-state index contributed by atoms with van der Waals surface area (Å²) in [7, 11) is 0. The number of nitrogens with two attached hydrogens (primary N) is 1. The average molecular weight is 235 g/mol. The summed E-state index contributed by atoms with van der Waals surface area (Å²) in [4.78, 5) is 0. The van der Waals surface area contributed by atoms with Gasteiger partial charge in [-0.3, -0.25) is 0 Å². The molecule has 0 spiro atoms. The highest BCUT2D eigenvalue weighted by molar-refractivity contribution is 5.44. The van der Waals surface area contributed by atoms with Crippen molar-refractivity contribution < 1.29 is 9.47 Å². The Balaban J connectivity index is 2.15. The average Bonchev–Trinajstić information content (AvgIpc) is 2.37. The topological polar surface area (TPSA) is 44.5 Å². The second kappa shape index (κ2) is 5.41. The molecule has 3 nitrogen and oxygen atoms in total. The minimum atomic E-state index is 0.211. The molecule has 0 aromatic heterocycles. The van der Waals surface area contributed by atoms with E-state index in [1.807, 2.05) is 6.07 Å². The Labute approximate surface area is 103 Å². The van der Waals surface area contributed by atoms with Crippen LogP contribution in [0.3, 0.4) is 0 Å². The van der Waals surface area contributed by atoms with Crippen LogP contribution in [0.15, 0.2) is 18.2 Å². The fourth-order valence-corrected chi connectivity index (χ4v) is 2.17. The number of hydrogen-bond acceptors (Lipinski definition) is 3. The van der Waals surface area contributed by atoms with Crippen LogP contribution in [-0.2, 0) is 0 Å². The number of rotatable bonds is 4. The van der Waals surface area contributed by atoms with Crippen molar-refractivity contribution in [3.05, 3.63) is 23.8 Å². The Morgan fingerprint density at radius 2 is 1.94 bits per heavy atom. The molecular weight excluding hydrogens is 214 g/mol. The summed E-state index contributed by atoms with van der Waals surface area (Å²) in [5.41, 5.74) is 7.40. The van der Waals surface area contributed by atoms with E-state index < -0.39 is 0 Å². The molecule has 0 aliphatic carbocycles. The fourth-order valence-electron chi connectivity index (χ4n) is 2.17. The van der Waals surface area contributed by atoms with Gasteiger partial charge in [-0.15, -0.1) is 0 Å². The van der Waals surface area contributed by atoms with Gasteiger partial charge in [0.15, 0.2) is 11.5 Å². The van der Waals surface area contributed by atoms with Crippen LogP contribution in [0.2, 0.25) is 0 Å². The summed E-state index contributed by atoms with van der Waals surface area (Å²) >= 11 is 0. The molecule has 0 amide bonds. The first-order valence-corrected chi connectivity index (χ1v) is 6.37. The Morgan fingerprint density at radius 1 is 1.24 bits per heavy atom. The first-order chi connectivity index (χ1) is 8.22. The Bertz CT molecular complexity index is 378. The van der Waals surface area contributed by atoms with E-state index in [1.54, 1.807) is 0 Å². The standard InChI is InChI=1S/C14H21NO2/c1-3-4-12(15)10(2)11-5-6-13-14(9-11)17-8-7-16-13/h5-6,9-10,12H,3-4,7-8,15H2,1-2H3. The lowest BCUT2D eigenvalue weighted by atomic mass is 9.91. The molecule has 1 aliphatic rings. The quantitative estimate of drug-likeness (QED) is 0.872. The fraction of sp³-hybridized carbons (Fsp3) is 0.571. The van der Waals surface area contributed by atoms with Crippen molar-refractivity contribution in [2.75, 3.05) is 13.2 Å². The number of ether oxygens (including phenoxy) is 2. The molecule has 0 radical (unpaired) electrons. The summed E-state index contributed by atoms with van der Waals surface area (Å²) in [6.45, 7) is 5.60. The van der Waals surface area contributed by atoms with Crippen LogP contribution in [0.1, 0.15) is 38.2 Å². The Hall–Kier alpha value is -1.22.